The quantitative estimate of drug-likeness (QED) is 0.149. The van der Waals surface area contributed by atoms with Crippen molar-refractivity contribution in [2.24, 2.45) is 0 Å². The van der Waals surface area contributed by atoms with Crippen LogP contribution in [0.5, 0.6) is 0 Å². The molecule has 0 atom stereocenters. The highest BCUT2D eigenvalue weighted by Crippen LogP contribution is 2.45. The van der Waals surface area contributed by atoms with Crippen molar-refractivity contribution in [1.29, 1.82) is 0 Å². The molecule has 0 bridgehead atoms. The Morgan fingerprint density at radius 2 is 0.610 bits per heavy atom. The van der Waals surface area contributed by atoms with Gasteiger partial charge in [-0.1, -0.05) is 181 Å². The van der Waals surface area contributed by atoms with E-state index < -0.39 is 0 Å². The summed E-state index contributed by atoms with van der Waals surface area (Å²) in [5, 5.41) is 7.55. The van der Waals surface area contributed by atoms with Crippen LogP contribution in [0.25, 0.3) is 105 Å². The summed E-state index contributed by atoms with van der Waals surface area (Å²) in [4.78, 5) is 0. The monoisotopic (exact) mass is 751 g/mol. The molecule has 0 aliphatic carbocycles. The standard InChI is InChI=1S/C58H41N/c1-38-17-21-40(22-18-38)46-28-33-55-52(35-46)53-36-47(41-23-19-39(2)20-24-41)29-34-56(53)59(55)48-30-25-42(26-31-48)45-27-32-51-54(37-45)58(44-13-7-4-8-14-44)50-16-10-9-15-49(50)57(51)43-11-5-3-6-12-43/h3-37H,1-2H3. The van der Waals surface area contributed by atoms with E-state index in [1.165, 1.54) is 110 Å². The van der Waals surface area contributed by atoms with Gasteiger partial charge in [-0.2, -0.15) is 0 Å². The lowest BCUT2D eigenvalue weighted by Gasteiger charge is -2.19. The molecule has 278 valence electrons. The second-order valence-corrected chi connectivity index (χ2v) is 15.9. The van der Waals surface area contributed by atoms with Crippen molar-refractivity contribution in [3.05, 3.63) is 223 Å². The van der Waals surface area contributed by atoms with Crippen molar-refractivity contribution in [2.75, 3.05) is 0 Å². The fourth-order valence-corrected chi connectivity index (χ4v) is 9.15. The van der Waals surface area contributed by atoms with Crippen LogP contribution in [-0.2, 0) is 0 Å². The third-order valence-electron chi connectivity index (χ3n) is 12.1. The van der Waals surface area contributed by atoms with Crippen molar-refractivity contribution in [3.8, 4) is 61.3 Å². The molecule has 11 rings (SSSR count). The van der Waals surface area contributed by atoms with Crippen molar-refractivity contribution in [1.82, 2.24) is 4.57 Å². The molecule has 0 saturated heterocycles. The summed E-state index contributed by atoms with van der Waals surface area (Å²) < 4.78 is 2.43. The molecule has 11 aromatic rings. The molecule has 1 heteroatoms. The maximum atomic E-state index is 2.43. The molecule has 0 fully saturated rings. The van der Waals surface area contributed by atoms with Gasteiger partial charge in [0.25, 0.3) is 0 Å². The molecule has 1 aromatic heterocycles. The van der Waals surface area contributed by atoms with E-state index >= 15 is 0 Å². The van der Waals surface area contributed by atoms with Crippen molar-refractivity contribution >= 4 is 43.4 Å². The lowest BCUT2D eigenvalue weighted by Crippen LogP contribution is -1.94. The largest absolute Gasteiger partial charge is 0.309 e. The molecule has 0 radical (unpaired) electrons. The van der Waals surface area contributed by atoms with Gasteiger partial charge in [0.1, 0.15) is 0 Å². The first kappa shape index (κ1) is 34.7. The number of fused-ring (bicyclic) bond motifs is 5. The summed E-state index contributed by atoms with van der Waals surface area (Å²) in [5.41, 5.74) is 18.4. The van der Waals surface area contributed by atoms with Gasteiger partial charge in [0, 0.05) is 16.5 Å². The molecule has 0 amide bonds. The Morgan fingerprint density at radius 3 is 1.08 bits per heavy atom. The molecular weight excluding hydrogens is 711 g/mol. The molecule has 10 aromatic carbocycles. The van der Waals surface area contributed by atoms with E-state index in [4.69, 9.17) is 0 Å². The zero-order valence-corrected chi connectivity index (χ0v) is 33.2. The van der Waals surface area contributed by atoms with Gasteiger partial charge in [-0.05, 0) is 133 Å². The maximum Gasteiger partial charge on any atom is 0.0541 e. The second kappa shape index (κ2) is 14.2. The average Bonchev–Trinajstić information content (AvgIpc) is 3.62. The van der Waals surface area contributed by atoms with Gasteiger partial charge in [0.15, 0.2) is 0 Å². The lowest BCUT2D eigenvalue weighted by atomic mass is 9.85. The molecule has 1 nitrogen and oxygen atoms in total. The smallest absolute Gasteiger partial charge is 0.0541 e. The van der Waals surface area contributed by atoms with Crippen LogP contribution in [0.1, 0.15) is 11.1 Å². The molecule has 0 aliphatic rings. The molecule has 0 N–H and O–H groups in total. The first-order valence-corrected chi connectivity index (χ1v) is 20.5. The Bertz CT molecular complexity index is 3230. The number of benzene rings is 10. The Labute approximate surface area is 345 Å². The van der Waals surface area contributed by atoms with E-state index in [9.17, 15) is 0 Å². The van der Waals surface area contributed by atoms with Crippen LogP contribution in [0.15, 0.2) is 212 Å². The topological polar surface area (TPSA) is 4.93 Å². The minimum atomic E-state index is 1.14. The zero-order valence-electron chi connectivity index (χ0n) is 33.2. The van der Waals surface area contributed by atoms with Crippen LogP contribution < -0.4 is 0 Å². The highest BCUT2D eigenvalue weighted by molar-refractivity contribution is 6.22. The number of aromatic nitrogens is 1. The SMILES string of the molecule is Cc1ccc(-c2ccc3c(c2)c2cc(-c4ccc(C)cc4)ccc2n3-c2ccc(-c3ccc4c(-c5ccccc5)c5ccccc5c(-c5ccccc5)c4c3)cc2)cc1. The first-order chi connectivity index (χ1) is 29.1. The number of nitrogens with zero attached hydrogens (tertiary/aromatic N) is 1. The minimum Gasteiger partial charge on any atom is -0.309 e. The minimum absolute atomic E-state index is 1.14. The fraction of sp³-hybridized carbons (Fsp3) is 0.0345. The number of aryl methyl sites for hydroxylation is 2. The van der Waals surface area contributed by atoms with Gasteiger partial charge in [0.05, 0.1) is 11.0 Å². The van der Waals surface area contributed by atoms with Gasteiger partial charge in [-0.15, -0.1) is 0 Å². The molecule has 0 aliphatic heterocycles. The third-order valence-corrected chi connectivity index (χ3v) is 12.1. The van der Waals surface area contributed by atoms with Gasteiger partial charge >= 0.3 is 0 Å². The Morgan fingerprint density at radius 1 is 0.254 bits per heavy atom. The average molecular weight is 752 g/mol. The Balaban J connectivity index is 1.07. The molecule has 59 heavy (non-hydrogen) atoms. The van der Waals surface area contributed by atoms with E-state index in [1.807, 2.05) is 0 Å². The Kier molecular flexibility index (Phi) is 8.34. The molecule has 0 spiro atoms. The maximum absolute atomic E-state index is 2.43. The summed E-state index contributed by atoms with van der Waals surface area (Å²) in [6.45, 7) is 4.29. The van der Waals surface area contributed by atoms with Crippen LogP contribution in [0.2, 0.25) is 0 Å². The predicted molar refractivity (Wildman–Crippen MR) is 252 cm³/mol. The molecule has 0 saturated carbocycles. The molecular formula is C58H41N. The van der Waals surface area contributed by atoms with E-state index in [0.717, 1.165) is 5.69 Å². The highest BCUT2D eigenvalue weighted by Gasteiger charge is 2.19. The Hall–Kier alpha value is -7.48. The summed E-state index contributed by atoms with van der Waals surface area (Å²) in [6.07, 6.45) is 0. The van der Waals surface area contributed by atoms with Gasteiger partial charge in [-0.25, -0.2) is 0 Å². The lowest BCUT2D eigenvalue weighted by molar-refractivity contribution is 1.18. The van der Waals surface area contributed by atoms with Crippen LogP contribution in [0.3, 0.4) is 0 Å². The van der Waals surface area contributed by atoms with Crippen molar-refractivity contribution < 1.29 is 0 Å². The first-order valence-electron chi connectivity index (χ1n) is 20.5. The normalized spacial score (nSPS) is 11.6. The number of hydrogen-bond donors (Lipinski definition) is 0. The third kappa shape index (κ3) is 6.02. The van der Waals surface area contributed by atoms with Crippen molar-refractivity contribution in [3.63, 3.8) is 0 Å². The van der Waals surface area contributed by atoms with Crippen LogP contribution in [-0.4, -0.2) is 4.57 Å². The zero-order chi connectivity index (χ0) is 39.5. The summed E-state index contributed by atoms with van der Waals surface area (Å²) in [6, 6.07) is 78.4. The second-order valence-electron chi connectivity index (χ2n) is 15.9. The van der Waals surface area contributed by atoms with Gasteiger partial charge in [-0.3, -0.25) is 0 Å². The summed E-state index contributed by atoms with van der Waals surface area (Å²) in [7, 11) is 0. The summed E-state index contributed by atoms with van der Waals surface area (Å²) in [5.74, 6) is 0. The van der Waals surface area contributed by atoms with Gasteiger partial charge < -0.3 is 4.57 Å². The highest BCUT2D eigenvalue weighted by atomic mass is 15.0. The van der Waals surface area contributed by atoms with Crippen LogP contribution in [0, 0.1) is 13.8 Å². The van der Waals surface area contributed by atoms with E-state index in [0.29, 0.717) is 0 Å². The van der Waals surface area contributed by atoms with E-state index in [1.54, 1.807) is 0 Å². The molecule has 0 unspecified atom stereocenters. The number of rotatable bonds is 6. The van der Waals surface area contributed by atoms with Crippen molar-refractivity contribution in [2.45, 2.75) is 13.8 Å². The number of hydrogen-bond acceptors (Lipinski definition) is 0. The fourth-order valence-electron chi connectivity index (χ4n) is 9.15. The molecule has 1 heterocycles. The van der Waals surface area contributed by atoms with Crippen LogP contribution in [0.4, 0.5) is 0 Å². The predicted octanol–water partition coefficient (Wildman–Crippen LogP) is 16.0. The van der Waals surface area contributed by atoms with E-state index in [2.05, 4.69) is 231 Å². The van der Waals surface area contributed by atoms with Crippen LogP contribution >= 0.6 is 0 Å². The van der Waals surface area contributed by atoms with Gasteiger partial charge in [0.2, 0.25) is 0 Å². The van der Waals surface area contributed by atoms with E-state index in [-0.39, 0.29) is 0 Å². The summed E-state index contributed by atoms with van der Waals surface area (Å²) >= 11 is 0.